The summed E-state index contributed by atoms with van der Waals surface area (Å²) in [6.07, 6.45) is 0. The first-order chi connectivity index (χ1) is 12.0. The van der Waals surface area contributed by atoms with E-state index in [9.17, 15) is 9.59 Å². The van der Waals surface area contributed by atoms with Gasteiger partial charge in [-0.05, 0) is 57.2 Å². The number of rotatable bonds is 5. The van der Waals surface area contributed by atoms with Crippen LogP contribution < -0.4 is 5.32 Å². The lowest BCUT2D eigenvalue weighted by molar-refractivity contribution is -0.120. The molecule has 0 aliphatic carbocycles. The molecule has 25 heavy (non-hydrogen) atoms. The molecular formula is C20H21N3O2. The van der Waals surface area contributed by atoms with Crippen LogP contribution in [0.3, 0.4) is 0 Å². The zero-order valence-electron chi connectivity index (χ0n) is 14.6. The topological polar surface area (TPSA) is 73.2 Å². The van der Waals surface area contributed by atoms with Crippen LogP contribution in [0.25, 0.3) is 0 Å². The first kappa shape index (κ1) is 18.2. The average molecular weight is 335 g/mol. The third-order valence-corrected chi connectivity index (χ3v) is 4.03. The van der Waals surface area contributed by atoms with Crippen LogP contribution in [0.15, 0.2) is 48.5 Å². The number of amides is 2. The van der Waals surface area contributed by atoms with Gasteiger partial charge in [0.1, 0.15) is 6.04 Å². The number of hydrogen-bond donors (Lipinski definition) is 1. The van der Waals surface area contributed by atoms with Gasteiger partial charge in [-0.3, -0.25) is 9.59 Å². The van der Waals surface area contributed by atoms with Crippen LogP contribution in [0.1, 0.15) is 35.3 Å². The van der Waals surface area contributed by atoms with Crippen LogP contribution in [0.2, 0.25) is 0 Å². The summed E-state index contributed by atoms with van der Waals surface area (Å²) in [5, 5.41) is 11.7. The highest BCUT2D eigenvalue weighted by atomic mass is 16.2. The van der Waals surface area contributed by atoms with Crippen molar-refractivity contribution in [3.63, 3.8) is 0 Å². The monoisotopic (exact) mass is 335 g/mol. The molecule has 5 heteroatoms. The Balaban J connectivity index is 2.11. The molecule has 0 aromatic heterocycles. The number of benzene rings is 2. The molecule has 2 aromatic carbocycles. The van der Waals surface area contributed by atoms with Crippen molar-refractivity contribution in [1.82, 2.24) is 4.90 Å². The fraction of sp³-hybridized carbons (Fsp3) is 0.250. The molecule has 5 nitrogen and oxygen atoms in total. The number of likely N-dealkylation sites (N-methyl/N-ethyl adjacent to an activating group) is 1. The van der Waals surface area contributed by atoms with Crippen LogP contribution in [-0.4, -0.2) is 29.3 Å². The van der Waals surface area contributed by atoms with Crippen molar-refractivity contribution in [2.24, 2.45) is 0 Å². The Labute approximate surface area is 147 Å². The van der Waals surface area contributed by atoms with Crippen molar-refractivity contribution < 1.29 is 9.59 Å². The molecule has 0 heterocycles. The summed E-state index contributed by atoms with van der Waals surface area (Å²) < 4.78 is 0. The molecule has 1 atom stereocenters. The summed E-state index contributed by atoms with van der Waals surface area (Å²) in [4.78, 5) is 26.7. The molecule has 2 amide bonds. The quantitative estimate of drug-likeness (QED) is 0.910. The highest BCUT2D eigenvalue weighted by Crippen LogP contribution is 2.13. The maximum atomic E-state index is 12.7. The van der Waals surface area contributed by atoms with Gasteiger partial charge < -0.3 is 10.2 Å². The average Bonchev–Trinajstić information content (AvgIpc) is 2.64. The number of aryl methyl sites for hydroxylation is 1. The Hall–Kier alpha value is -3.13. The van der Waals surface area contributed by atoms with E-state index in [0.717, 1.165) is 5.56 Å². The summed E-state index contributed by atoms with van der Waals surface area (Å²) >= 11 is 0. The molecule has 2 aromatic rings. The lowest BCUT2D eigenvalue weighted by Crippen LogP contribution is -2.45. The van der Waals surface area contributed by atoms with E-state index in [0.29, 0.717) is 23.4 Å². The normalized spacial score (nSPS) is 11.3. The molecule has 2 rings (SSSR count). The van der Waals surface area contributed by atoms with Crippen molar-refractivity contribution in [2.75, 3.05) is 11.9 Å². The number of nitriles is 1. The van der Waals surface area contributed by atoms with E-state index in [2.05, 4.69) is 5.32 Å². The summed E-state index contributed by atoms with van der Waals surface area (Å²) in [5.41, 5.74) is 2.75. The number of nitrogens with zero attached hydrogens (tertiary/aromatic N) is 2. The van der Waals surface area contributed by atoms with E-state index < -0.39 is 6.04 Å². The van der Waals surface area contributed by atoms with Gasteiger partial charge in [0, 0.05) is 17.8 Å². The maximum Gasteiger partial charge on any atom is 0.254 e. The minimum atomic E-state index is -0.616. The molecule has 0 radical (unpaired) electrons. The number of carbonyl (C=O) groups is 2. The van der Waals surface area contributed by atoms with Crippen molar-refractivity contribution in [1.29, 1.82) is 5.26 Å². The molecule has 0 spiro atoms. The van der Waals surface area contributed by atoms with Crippen LogP contribution in [0.5, 0.6) is 0 Å². The summed E-state index contributed by atoms with van der Waals surface area (Å²) in [7, 11) is 0. The van der Waals surface area contributed by atoms with Crippen molar-refractivity contribution in [2.45, 2.75) is 26.8 Å². The van der Waals surface area contributed by atoms with E-state index in [1.54, 1.807) is 31.2 Å². The maximum absolute atomic E-state index is 12.7. The molecule has 128 valence electrons. The van der Waals surface area contributed by atoms with Gasteiger partial charge in [0.25, 0.3) is 5.91 Å². The van der Waals surface area contributed by atoms with E-state index in [-0.39, 0.29) is 11.8 Å². The zero-order valence-corrected chi connectivity index (χ0v) is 14.6. The van der Waals surface area contributed by atoms with Gasteiger partial charge >= 0.3 is 0 Å². The van der Waals surface area contributed by atoms with Crippen LogP contribution in [0, 0.1) is 18.3 Å². The summed E-state index contributed by atoms with van der Waals surface area (Å²) in [5.74, 6) is -0.480. The smallest absolute Gasteiger partial charge is 0.254 e. The molecule has 0 saturated carbocycles. The molecule has 0 aliphatic rings. The molecule has 0 bridgehead atoms. The highest BCUT2D eigenvalue weighted by Gasteiger charge is 2.25. The summed E-state index contributed by atoms with van der Waals surface area (Å²) in [6.45, 7) is 5.91. The van der Waals surface area contributed by atoms with Crippen molar-refractivity contribution in [3.8, 4) is 6.07 Å². The minimum Gasteiger partial charge on any atom is -0.327 e. The predicted molar refractivity (Wildman–Crippen MR) is 97.1 cm³/mol. The van der Waals surface area contributed by atoms with Gasteiger partial charge in [-0.1, -0.05) is 17.7 Å². The van der Waals surface area contributed by atoms with E-state index in [1.165, 1.54) is 4.90 Å². The fourth-order valence-corrected chi connectivity index (χ4v) is 2.47. The Morgan fingerprint density at radius 1 is 1.12 bits per heavy atom. The molecule has 0 unspecified atom stereocenters. The number of anilines is 1. The van der Waals surface area contributed by atoms with Gasteiger partial charge in [0.05, 0.1) is 11.6 Å². The highest BCUT2D eigenvalue weighted by molar-refractivity contribution is 6.01. The van der Waals surface area contributed by atoms with Gasteiger partial charge in [-0.2, -0.15) is 5.26 Å². The standard InChI is InChI=1S/C20H21N3O2/c1-4-23(20(25)17-9-7-16(13-21)8-10-17)15(3)19(24)22-18-11-5-14(2)6-12-18/h5-12,15H,4H2,1-3H3,(H,22,24)/t15-/m0/s1. The Morgan fingerprint density at radius 2 is 1.72 bits per heavy atom. The van der Waals surface area contributed by atoms with Gasteiger partial charge in [0.2, 0.25) is 5.91 Å². The van der Waals surface area contributed by atoms with E-state index >= 15 is 0 Å². The third kappa shape index (κ3) is 4.45. The van der Waals surface area contributed by atoms with E-state index in [4.69, 9.17) is 5.26 Å². The molecule has 0 fully saturated rings. The molecule has 0 saturated heterocycles. The fourth-order valence-electron chi connectivity index (χ4n) is 2.47. The van der Waals surface area contributed by atoms with Crippen molar-refractivity contribution >= 4 is 17.5 Å². The molecule has 1 N–H and O–H groups in total. The van der Waals surface area contributed by atoms with Gasteiger partial charge in [-0.25, -0.2) is 0 Å². The number of hydrogen-bond acceptors (Lipinski definition) is 3. The van der Waals surface area contributed by atoms with Crippen LogP contribution in [-0.2, 0) is 4.79 Å². The first-order valence-corrected chi connectivity index (χ1v) is 8.15. The minimum absolute atomic E-state index is 0.237. The number of carbonyl (C=O) groups excluding carboxylic acids is 2. The van der Waals surface area contributed by atoms with Crippen LogP contribution in [0.4, 0.5) is 5.69 Å². The molecular weight excluding hydrogens is 314 g/mol. The number of nitrogens with one attached hydrogen (secondary N) is 1. The molecule has 0 aliphatic heterocycles. The Morgan fingerprint density at radius 3 is 2.24 bits per heavy atom. The van der Waals surface area contributed by atoms with Gasteiger partial charge in [0.15, 0.2) is 0 Å². The third-order valence-electron chi connectivity index (χ3n) is 4.03. The second-order valence-electron chi connectivity index (χ2n) is 5.81. The first-order valence-electron chi connectivity index (χ1n) is 8.15. The lowest BCUT2D eigenvalue weighted by atomic mass is 10.1. The predicted octanol–water partition coefficient (Wildman–Crippen LogP) is 3.36. The van der Waals surface area contributed by atoms with Crippen molar-refractivity contribution in [3.05, 3.63) is 65.2 Å². The Kier molecular flexibility index (Phi) is 5.91. The summed E-state index contributed by atoms with van der Waals surface area (Å²) in [6, 6.07) is 15.3. The van der Waals surface area contributed by atoms with Gasteiger partial charge in [-0.15, -0.1) is 0 Å². The largest absolute Gasteiger partial charge is 0.327 e. The van der Waals surface area contributed by atoms with E-state index in [1.807, 2.05) is 44.2 Å². The van der Waals surface area contributed by atoms with Crippen LogP contribution >= 0.6 is 0 Å². The zero-order chi connectivity index (χ0) is 18.4. The lowest BCUT2D eigenvalue weighted by Gasteiger charge is -2.27. The SMILES string of the molecule is CCN(C(=O)c1ccc(C#N)cc1)[C@@H](C)C(=O)Nc1ccc(C)cc1. The second-order valence-corrected chi connectivity index (χ2v) is 5.81. The Bertz CT molecular complexity index is 789. The second kappa shape index (κ2) is 8.11.